The van der Waals surface area contributed by atoms with E-state index in [4.69, 9.17) is 9.47 Å². The molecule has 0 saturated carbocycles. The van der Waals surface area contributed by atoms with Gasteiger partial charge in [0.15, 0.2) is 18.1 Å². The lowest BCUT2D eigenvalue weighted by atomic mass is 10.2. The molecular weight excluding hydrogens is 456 g/mol. The molecule has 0 aliphatic rings. The van der Waals surface area contributed by atoms with Gasteiger partial charge in [-0.25, -0.2) is 0 Å². The summed E-state index contributed by atoms with van der Waals surface area (Å²) in [5.74, 6) is -0.629. The number of methoxy groups -OCH3 is 1. The molecule has 0 aliphatic carbocycles. The Morgan fingerprint density at radius 1 is 0.857 bits per heavy atom. The van der Waals surface area contributed by atoms with Crippen LogP contribution >= 0.6 is 0 Å². The van der Waals surface area contributed by atoms with Gasteiger partial charge < -0.3 is 25.4 Å². The molecule has 180 valence electrons. The van der Waals surface area contributed by atoms with Crippen LogP contribution in [-0.2, 0) is 9.59 Å². The Balaban J connectivity index is 1.50. The van der Waals surface area contributed by atoms with Crippen molar-refractivity contribution >= 4 is 34.8 Å². The van der Waals surface area contributed by atoms with Crippen molar-refractivity contribution < 1.29 is 28.8 Å². The van der Waals surface area contributed by atoms with Crippen molar-refractivity contribution in [1.82, 2.24) is 5.32 Å². The summed E-state index contributed by atoms with van der Waals surface area (Å²) in [4.78, 5) is 46.9. The summed E-state index contributed by atoms with van der Waals surface area (Å²) in [6.45, 7) is -0.606. The molecule has 0 radical (unpaired) electrons. The molecule has 11 heteroatoms. The van der Waals surface area contributed by atoms with Gasteiger partial charge in [0, 0.05) is 29.1 Å². The number of hydrogen-bond acceptors (Lipinski definition) is 7. The number of carbonyl (C=O) groups excluding carboxylic acids is 3. The second-order valence-electron chi connectivity index (χ2n) is 7.11. The van der Waals surface area contributed by atoms with Gasteiger partial charge in [-0.3, -0.25) is 24.5 Å². The molecule has 0 aromatic heterocycles. The maximum atomic E-state index is 12.2. The maximum Gasteiger partial charge on any atom is 0.270 e. The van der Waals surface area contributed by atoms with Crippen molar-refractivity contribution in [3.05, 3.63) is 88.5 Å². The standard InChI is InChI=1S/C24H22N4O7/c1-34-20-10-2-3-11-21(20)35-15-23(30)27-18-8-5-7-17(13-18)26-22(29)14-25-24(31)16-6-4-9-19(12-16)28(32)33/h2-13H,14-15H2,1H3,(H,25,31)(H,26,29)(H,27,30). The van der Waals surface area contributed by atoms with Crippen LogP contribution in [0.15, 0.2) is 72.8 Å². The van der Waals surface area contributed by atoms with Crippen molar-refractivity contribution in [1.29, 1.82) is 0 Å². The van der Waals surface area contributed by atoms with E-state index in [1.165, 1.54) is 25.3 Å². The zero-order valence-corrected chi connectivity index (χ0v) is 18.6. The molecule has 0 unspecified atom stereocenters. The minimum absolute atomic E-state index is 0.0621. The van der Waals surface area contributed by atoms with Crippen molar-refractivity contribution in [2.45, 2.75) is 0 Å². The van der Waals surface area contributed by atoms with Crippen LogP contribution in [0.4, 0.5) is 17.1 Å². The van der Waals surface area contributed by atoms with Crippen LogP contribution in [0.25, 0.3) is 0 Å². The zero-order valence-electron chi connectivity index (χ0n) is 18.6. The molecule has 3 aromatic rings. The van der Waals surface area contributed by atoms with Crippen molar-refractivity contribution in [3.63, 3.8) is 0 Å². The van der Waals surface area contributed by atoms with Crippen LogP contribution in [0, 0.1) is 10.1 Å². The van der Waals surface area contributed by atoms with E-state index in [-0.39, 0.29) is 24.4 Å². The van der Waals surface area contributed by atoms with Gasteiger partial charge in [-0.1, -0.05) is 24.3 Å². The summed E-state index contributed by atoms with van der Waals surface area (Å²) in [5, 5.41) is 18.5. The Morgan fingerprint density at radius 2 is 1.51 bits per heavy atom. The third-order valence-electron chi connectivity index (χ3n) is 4.59. The topological polar surface area (TPSA) is 149 Å². The van der Waals surface area contributed by atoms with Crippen molar-refractivity contribution in [3.8, 4) is 11.5 Å². The van der Waals surface area contributed by atoms with E-state index >= 15 is 0 Å². The Labute approximate surface area is 200 Å². The van der Waals surface area contributed by atoms with Gasteiger partial charge in [0.1, 0.15) is 0 Å². The first-order chi connectivity index (χ1) is 16.9. The number of rotatable bonds is 10. The van der Waals surface area contributed by atoms with E-state index in [0.717, 1.165) is 6.07 Å². The summed E-state index contributed by atoms with van der Waals surface area (Å²) in [7, 11) is 1.50. The fraction of sp³-hybridized carbons (Fsp3) is 0.125. The first-order valence-corrected chi connectivity index (χ1v) is 10.3. The normalized spacial score (nSPS) is 10.1. The largest absolute Gasteiger partial charge is 0.493 e. The van der Waals surface area contributed by atoms with E-state index in [1.807, 2.05) is 0 Å². The molecule has 0 spiro atoms. The minimum Gasteiger partial charge on any atom is -0.493 e. The van der Waals surface area contributed by atoms with Gasteiger partial charge in [0.2, 0.25) is 5.91 Å². The first-order valence-electron chi connectivity index (χ1n) is 10.3. The number of para-hydroxylation sites is 2. The number of non-ortho nitro benzene ring substituents is 1. The summed E-state index contributed by atoms with van der Waals surface area (Å²) in [6.07, 6.45) is 0. The predicted octanol–water partition coefficient (Wildman–Crippen LogP) is 2.99. The quantitative estimate of drug-likeness (QED) is 0.300. The predicted molar refractivity (Wildman–Crippen MR) is 128 cm³/mol. The molecule has 0 atom stereocenters. The third kappa shape index (κ3) is 7.29. The Morgan fingerprint density at radius 3 is 2.20 bits per heavy atom. The molecule has 3 rings (SSSR count). The van der Waals surface area contributed by atoms with E-state index in [2.05, 4.69) is 16.0 Å². The highest BCUT2D eigenvalue weighted by molar-refractivity contribution is 6.00. The van der Waals surface area contributed by atoms with E-state index in [0.29, 0.717) is 22.9 Å². The minimum atomic E-state index is -0.625. The number of nitro benzene ring substituents is 1. The molecule has 0 heterocycles. The average Bonchev–Trinajstić information content (AvgIpc) is 2.86. The van der Waals surface area contributed by atoms with Crippen LogP contribution in [0.2, 0.25) is 0 Å². The summed E-state index contributed by atoms with van der Waals surface area (Å²) in [6, 6.07) is 18.5. The van der Waals surface area contributed by atoms with Gasteiger partial charge in [-0.05, 0) is 36.4 Å². The zero-order chi connectivity index (χ0) is 25.2. The number of ether oxygens (including phenoxy) is 2. The summed E-state index contributed by atoms with van der Waals surface area (Å²) < 4.78 is 10.7. The molecular formula is C24H22N4O7. The van der Waals surface area contributed by atoms with Crippen LogP contribution < -0.4 is 25.4 Å². The van der Waals surface area contributed by atoms with Crippen LogP contribution in [-0.4, -0.2) is 42.9 Å². The monoisotopic (exact) mass is 478 g/mol. The number of carbonyl (C=O) groups is 3. The Bertz CT molecular complexity index is 1250. The molecule has 3 N–H and O–H groups in total. The lowest BCUT2D eigenvalue weighted by Gasteiger charge is -2.11. The molecule has 0 saturated heterocycles. The molecule has 0 bridgehead atoms. The highest BCUT2D eigenvalue weighted by Crippen LogP contribution is 2.25. The molecule has 0 fully saturated rings. The molecule has 0 aliphatic heterocycles. The number of hydrogen-bond donors (Lipinski definition) is 3. The number of nitro groups is 1. The lowest BCUT2D eigenvalue weighted by Crippen LogP contribution is -2.32. The summed E-state index contributed by atoms with van der Waals surface area (Å²) >= 11 is 0. The number of amides is 3. The fourth-order valence-electron chi connectivity index (χ4n) is 2.98. The van der Waals surface area contributed by atoms with Gasteiger partial charge in [0.25, 0.3) is 17.5 Å². The number of nitrogens with one attached hydrogen (secondary N) is 3. The van der Waals surface area contributed by atoms with E-state index in [9.17, 15) is 24.5 Å². The third-order valence-corrected chi connectivity index (χ3v) is 4.59. The van der Waals surface area contributed by atoms with E-state index in [1.54, 1.807) is 48.5 Å². The molecule has 35 heavy (non-hydrogen) atoms. The Hall–Kier alpha value is -4.93. The molecule has 3 amide bonds. The van der Waals surface area contributed by atoms with Crippen molar-refractivity contribution in [2.75, 3.05) is 30.9 Å². The van der Waals surface area contributed by atoms with Crippen LogP contribution in [0.3, 0.4) is 0 Å². The van der Waals surface area contributed by atoms with Crippen LogP contribution in [0.5, 0.6) is 11.5 Å². The highest BCUT2D eigenvalue weighted by atomic mass is 16.6. The van der Waals surface area contributed by atoms with Gasteiger partial charge in [0.05, 0.1) is 18.6 Å². The summed E-state index contributed by atoms with van der Waals surface area (Å²) in [5.41, 5.74) is 0.654. The lowest BCUT2D eigenvalue weighted by molar-refractivity contribution is -0.384. The van der Waals surface area contributed by atoms with E-state index < -0.39 is 22.6 Å². The number of benzene rings is 3. The fourth-order valence-corrected chi connectivity index (χ4v) is 2.98. The highest BCUT2D eigenvalue weighted by Gasteiger charge is 2.13. The number of anilines is 2. The Kier molecular flexibility index (Phi) is 8.33. The second kappa shape index (κ2) is 11.8. The average molecular weight is 478 g/mol. The SMILES string of the molecule is COc1ccccc1OCC(=O)Nc1cccc(NC(=O)CNC(=O)c2cccc([N+](=O)[O-])c2)c1. The van der Waals surface area contributed by atoms with Crippen molar-refractivity contribution in [2.24, 2.45) is 0 Å². The smallest absolute Gasteiger partial charge is 0.270 e. The van der Waals surface area contributed by atoms with Gasteiger partial charge >= 0.3 is 0 Å². The van der Waals surface area contributed by atoms with Crippen LogP contribution in [0.1, 0.15) is 10.4 Å². The first kappa shape index (κ1) is 24.7. The second-order valence-corrected chi connectivity index (χ2v) is 7.11. The number of nitrogens with zero attached hydrogens (tertiary/aromatic N) is 1. The maximum absolute atomic E-state index is 12.2. The molecule has 3 aromatic carbocycles. The van der Waals surface area contributed by atoms with Gasteiger partial charge in [-0.15, -0.1) is 0 Å². The molecule has 11 nitrogen and oxygen atoms in total. The van der Waals surface area contributed by atoms with Gasteiger partial charge in [-0.2, -0.15) is 0 Å².